The van der Waals surface area contributed by atoms with E-state index in [0.717, 1.165) is 12.2 Å². The maximum atomic E-state index is 5.21. The van der Waals surface area contributed by atoms with Crippen LogP contribution in [-0.2, 0) is 6.42 Å². The number of halogens is 1. The lowest BCUT2D eigenvalue weighted by Gasteiger charge is -2.09. The molecule has 0 saturated carbocycles. The molecule has 2 rings (SSSR count). The molecule has 0 N–H and O–H groups in total. The van der Waals surface area contributed by atoms with Crippen LogP contribution in [0.5, 0.6) is 5.75 Å². The van der Waals surface area contributed by atoms with Gasteiger partial charge >= 0.3 is 0 Å². The van der Waals surface area contributed by atoms with Crippen LogP contribution in [0.15, 0.2) is 35.7 Å². The second-order valence-electron chi connectivity index (χ2n) is 3.99. The maximum Gasteiger partial charge on any atom is 0.129 e. The molecule has 0 amide bonds. The number of methoxy groups -OCH3 is 1. The second kappa shape index (κ2) is 5.69. The van der Waals surface area contributed by atoms with E-state index >= 15 is 0 Å². The van der Waals surface area contributed by atoms with Crippen molar-refractivity contribution in [2.24, 2.45) is 0 Å². The molecule has 17 heavy (non-hydrogen) atoms. The highest BCUT2D eigenvalue weighted by atomic mass is 79.9. The van der Waals surface area contributed by atoms with Gasteiger partial charge in [-0.25, -0.2) is 0 Å². The van der Waals surface area contributed by atoms with Crippen LogP contribution in [0.2, 0.25) is 0 Å². The van der Waals surface area contributed by atoms with E-state index in [9.17, 15) is 0 Å². The Morgan fingerprint density at radius 3 is 2.76 bits per heavy atom. The Morgan fingerprint density at radius 2 is 2.12 bits per heavy atom. The number of hydrogen-bond donors (Lipinski definition) is 0. The first-order valence-corrected chi connectivity index (χ1v) is 7.31. The number of aryl methyl sites for hydroxylation is 1. The lowest BCUT2D eigenvalue weighted by atomic mass is 10.0. The molecule has 90 valence electrons. The van der Waals surface area contributed by atoms with Crippen LogP contribution >= 0.6 is 27.3 Å². The van der Waals surface area contributed by atoms with E-state index < -0.39 is 0 Å². The number of benzene rings is 1. The standard InChI is InChI=1S/C14H15BrOS/c1-10-5-3-4-6-11(10)7-13(15)14-8-12(16-2)9-17-14/h3-6,8-9,13H,7H2,1-2H3. The summed E-state index contributed by atoms with van der Waals surface area (Å²) >= 11 is 5.49. The minimum absolute atomic E-state index is 0.359. The van der Waals surface area contributed by atoms with Gasteiger partial charge in [-0.1, -0.05) is 40.2 Å². The summed E-state index contributed by atoms with van der Waals surface area (Å²) in [6, 6.07) is 10.6. The minimum Gasteiger partial charge on any atom is -0.496 e. The fraction of sp³-hybridized carbons (Fsp3) is 0.286. The van der Waals surface area contributed by atoms with Gasteiger partial charge < -0.3 is 4.74 Å². The van der Waals surface area contributed by atoms with Gasteiger partial charge in [-0.3, -0.25) is 0 Å². The van der Waals surface area contributed by atoms with Gasteiger partial charge in [0.2, 0.25) is 0 Å². The van der Waals surface area contributed by atoms with Gasteiger partial charge in [0.1, 0.15) is 5.75 Å². The second-order valence-corrected chi connectivity index (χ2v) is 6.04. The molecule has 0 saturated heterocycles. The Labute approximate surface area is 115 Å². The first kappa shape index (κ1) is 12.7. The molecule has 0 aliphatic rings. The fourth-order valence-electron chi connectivity index (χ4n) is 1.74. The van der Waals surface area contributed by atoms with E-state index in [1.54, 1.807) is 18.4 Å². The molecule has 0 aliphatic heterocycles. The summed E-state index contributed by atoms with van der Waals surface area (Å²) in [5.74, 6) is 0.944. The number of alkyl halides is 1. The molecule has 1 aromatic carbocycles. The van der Waals surface area contributed by atoms with Crippen LogP contribution in [0.3, 0.4) is 0 Å². The fourth-order valence-corrected chi connectivity index (χ4v) is 3.37. The minimum atomic E-state index is 0.359. The molecule has 1 heterocycles. The van der Waals surface area contributed by atoms with Gasteiger partial charge in [-0.2, -0.15) is 0 Å². The number of thiophene rings is 1. The summed E-state index contributed by atoms with van der Waals surface area (Å²) in [6.07, 6.45) is 1.01. The third kappa shape index (κ3) is 3.11. The largest absolute Gasteiger partial charge is 0.496 e. The summed E-state index contributed by atoms with van der Waals surface area (Å²) < 4.78 is 5.21. The van der Waals surface area contributed by atoms with Crippen molar-refractivity contribution in [3.63, 3.8) is 0 Å². The SMILES string of the molecule is COc1csc(C(Br)Cc2ccccc2C)c1. The predicted octanol–water partition coefficient (Wildman–Crippen LogP) is 4.74. The molecule has 0 fully saturated rings. The molecule has 1 atom stereocenters. The number of hydrogen-bond acceptors (Lipinski definition) is 2. The van der Waals surface area contributed by atoms with Crippen LogP contribution in [0.4, 0.5) is 0 Å². The molecule has 1 aromatic heterocycles. The normalized spacial score (nSPS) is 12.4. The molecule has 0 aliphatic carbocycles. The van der Waals surface area contributed by atoms with Crippen LogP contribution in [-0.4, -0.2) is 7.11 Å². The lowest BCUT2D eigenvalue weighted by molar-refractivity contribution is 0.416. The van der Waals surface area contributed by atoms with E-state index in [1.165, 1.54) is 16.0 Å². The zero-order chi connectivity index (χ0) is 12.3. The Bertz CT molecular complexity index is 492. The summed E-state index contributed by atoms with van der Waals surface area (Å²) in [5.41, 5.74) is 2.74. The topological polar surface area (TPSA) is 9.23 Å². The quantitative estimate of drug-likeness (QED) is 0.741. The molecule has 0 spiro atoms. The first-order chi connectivity index (χ1) is 8.20. The van der Waals surface area contributed by atoms with Gasteiger partial charge in [-0.05, 0) is 30.5 Å². The van der Waals surface area contributed by atoms with Crippen molar-refractivity contribution in [2.75, 3.05) is 7.11 Å². The monoisotopic (exact) mass is 310 g/mol. The van der Waals surface area contributed by atoms with Gasteiger partial charge in [0.25, 0.3) is 0 Å². The maximum absolute atomic E-state index is 5.21. The van der Waals surface area contributed by atoms with Gasteiger partial charge in [0, 0.05) is 10.3 Å². The van der Waals surface area contributed by atoms with E-state index in [4.69, 9.17) is 4.74 Å². The Morgan fingerprint density at radius 1 is 1.35 bits per heavy atom. The van der Waals surface area contributed by atoms with Gasteiger partial charge in [-0.15, -0.1) is 11.3 Å². The van der Waals surface area contributed by atoms with Crippen molar-refractivity contribution >= 4 is 27.3 Å². The zero-order valence-electron chi connectivity index (χ0n) is 9.94. The lowest BCUT2D eigenvalue weighted by Crippen LogP contribution is -1.95. The highest BCUT2D eigenvalue weighted by Crippen LogP contribution is 2.34. The predicted molar refractivity (Wildman–Crippen MR) is 77.4 cm³/mol. The van der Waals surface area contributed by atoms with Crippen molar-refractivity contribution in [1.82, 2.24) is 0 Å². The third-order valence-corrected chi connectivity index (χ3v) is 4.95. The summed E-state index contributed by atoms with van der Waals surface area (Å²) in [7, 11) is 1.70. The molecule has 0 radical (unpaired) electrons. The Balaban J connectivity index is 2.11. The molecule has 0 bridgehead atoms. The first-order valence-electron chi connectivity index (χ1n) is 5.51. The van der Waals surface area contributed by atoms with Crippen molar-refractivity contribution < 1.29 is 4.74 Å². The summed E-state index contributed by atoms with van der Waals surface area (Å²) in [4.78, 5) is 1.67. The van der Waals surface area contributed by atoms with Crippen molar-refractivity contribution in [3.8, 4) is 5.75 Å². The van der Waals surface area contributed by atoms with Crippen molar-refractivity contribution in [2.45, 2.75) is 18.2 Å². The molecular weight excluding hydrogens is 296 g/mol. The highest BCUT2D eigenvalue weighted by molar-refractivity contribution is 9.09. The van der Waals surface area contributed by atoms with Crippen molar-refractivity contribution in [1.29, 1.82) is 0 Å². The van der Waals surface area contributed by atoms with Crippen molar-refractivity contribution in [3.05, 3.63) is 51.7 Å². The average molecular weight is 311 g/mol. The van der Waals surface area contributed by atoms with E-state index in [-0.39, 0.29) is 0 Å². The average Bonchev–Trinajstić information content (AvgIpc) is 2.81. The molecular formula is C14H15BrOS. The van der Waals surface area contributed by atoms with E-state index in [1.807, 2.05) is 5.38 Å². The van der Waals surface area contributed by atoms with Gasteiger partial charge in [0.15, 0.2) is 0 Å². The van der Waals surface area contributed by atoms with E-state index in [0.29, 0.717) is 4.83 Å². The third-order valence-electron chi connectivity index (χ3n) is 2.80. The zero-order valence-corrected chi connectivity index (χ0v) is 12.3. The summed E-state index contributed by atoms with van der Waals surface area (Å²) in [5, 5.41) is 2.04. The molecule has 1 unspecified atom stereocenters. The number of rotatable bonds is 4. The Kier molecular flexibility index (Phi) is 4.24. The Hall–Kier alpha value is -0.800. The summed E-state index contributed by atoms with van der Waals surface area (Å²) in [6.45, 7) is 2.16. The highest BCUT2D eigenvalue weighted by Gasteiger charge is 2.12. The van der Waals surface area contributed by atoms with Crippen LogP contribution in [0.1, 0.15) is 20.8 Å². The molecule has 2 aromatic rings. The van der Waals surface area contributed by atoms with Crippen LogP contribution in [0.25, 0.3) is 0 Å². The van der Waals surface area contributed by atoms with Crippen LogP contribution < -0.4 is 4.74 Å². The smallest absolute Gasteiger partial charge is 0.129 e. The van der Waals surface area contributed by atoms with Crippen LogP contribution in [0, 0.1) is 6.92 Å². The molecule has 3 heteroatoms. The number of ether oxygens (including phenoxy) is 1. The van der Waals surface area contributed by atoms with Gasteiger partial charge in [0.05, 0.1) is 11.9 Å². The molecule has 1 nitrogen and oxygen atoms in total. The van der Waals surface area contributed by atoms with E-state index in [2.05, 4.69) is 53.2 Å².